The molecule has 20 heavy (non-hydrogen) atoms. The Balaban J connectivity index is 0. The Hall–Kier alpha value is -1.72. The number of hydrogen-bond donors (Lipinski definition) is 0. The van der Waals surface area contributed by atoms with Crippen LogP contribution in [0.3, 0.4) is 0 Å². The summed E-state index contributed by atoms with van der Waals surface area (Å²) in [6.07, 6.45) is 0.610. The minimum Gasteiger partial charge on any atom is -0.393 e. The molecule has 6 nitrogen and oxygen atoms in total. The summed E-state index contributed by atoms with van der Waals surface area (Å²) in [7, 11) is 0. The van der Waals surface area contributed by atoms with E-state index in [-0.39, 0.29) is 11.8 Å². The van der Waals surface area contributed by atoms with Gasteiger partial charge in [0.15, 0.2) is 0 Å². The molecule has 0 amide bonds. The van der Waals surface area contributed by atoms with E-state index in [1.54, 1.807) is 0 Å². The summed E-state index contributed by atoms with van der Waals surface area (Å²) in [6.45, 7) is 10.0. The van der Waals surface area contributed by atoms with Crippen LogP contribution in [-0.4, -0.2) is 23.9 Å². The zero-order valence-corrected chi connectivity index (χ0v) is 13.0. The summed E-state index contributed by atoms with van der Waals surface area (Å²) >= 11 is 0. The largest absolute Gasteiger partial charge is 0.393 e. The molecule has 0 aromatic carbocycles. The van der Waals surface area contributed by atoms with Crippen LogP contribution >= 0.6 is 0 Å². The fourth-order valence-corrected chi connectivity index (χ4v) is 1.07. The second-order valence-electron chi connectivity index (χ2n) is 5.13. The Morgan fingerprint density at radius 1 is 0.700 bits per heavy atom. The van der Waals surface area contributed by atoms with Crippen molar-refractivity contribution < 1.29 is 28.7 Å². The van der Waals surface area contributed by atoms with E-state index in [2.05, 4.69) is 9.47 Å². The Kier molecular flexibility index (Phi) is 11.5. The molecule has 0 radical (unpaired) electrons. The lowest BCUT2D eigenvalue weighted by atomic mass is 10.1. The highest BCUT2D eigenvalue weighted by molar-refractivity contribution is 5.84. The second-order valence-corrected chi connectivity index (χ2v) is 5.13. The van der Waals surface area contributed by atoms with Gasteiger partial charge in [0.2, 0.25) is 0 Å². The molecule has 0 aliphatic heterocycles. The molecule has 6 heteroatoms. The Morgan fingerprint density at radius 2 is 0.950 bits per heavy atom. The normalized spacial score (nSPS) is 9.60. The molecule has 0 saturated heterocycles. The number of carbonyl (C=O) groups is 4. The van der Waals surface area contributed by atoms with E-state index >= 15 is 0 Å². The van der Waals surface area contributed by atoms with E-state index < -0.39 is 23.9 Å². The van der Waals surface area contributed by atoms with Crippen molar-refractivity contribution in [1.82, 2.24) is 0 Å². The van der Waals surface area contributed by atoms with Crippen molar-refractivity contribution >= 4 is 23.9 Å². The van der Waals surface area contributed by atoms with Crippen molar-refractivity contribution in [1.29, 1.82) is 0 Å². The summed E-state index contributed by atoms with van der Waals surface area (Å²) in [5.41, 5.74) is 0. The molecule has 0 rings (SSSR count). The van der Waals surface area contributed by atoms with Gasteiger partial charge in [-0.2, -0.15) is 0 Å². The predicted molar refractivity (Wildman–Crippen MR) is 72.5 cm³/mol. The highest BCUT2D eigenvalue weighted by atomic mass is 16.6. The SMILES string of the molecule is CC(=O)OC(=O)CC(C)C.CC(=O)OC(=O)CC(C)C. The summed E-state index contributed by atoms with van der Waals surface area (Å²) in [6, 6.07) is 0. The smallest absolute Gasteiger partial charge is 0.313 e. The lowest BCUT2D eigenvalue weighted by Gasteiger charge is -2.01. The third-order valence-corrected chi connectivity index (χ3v) is 1.66. The van der Waals surface area contributed by atoms with E-state index in [9.17, 15) is 19.2 Å². The Labute approximate surface area is 119 Å². The van der Waals surface area contributed by atoms with Crippen LogP contribution in [0.15, 0.2) is 0 Å². The first kappa shape index (κ1) is 20.6. The molecular formula is C14H24O6. The lowest BCUT2D eigenvalue weighted by Crippen LogP contribution is -2.10. The molecule has 0 atom stereocenters. The molecule has 0 N–H and O–H groups in total. The lowest BCUT2D eigenvalue weighted by molar-refractivity contribution is -0.160. The van der Waals surface area contributed by atoms with E-state index in [1.165, 1.54) is 13.8 Å². The maximum Gasteiger partial charge on any atom is 0.313 e. The first-order valence-electron chi connectivity index (χ1n) is 6.47. The quantitative estimate of drug-likeness (QED) is 0.582. The van der Waals surface area contributed by atoms with Gasteiger partial charge in [0.1, 0.15) is 0 Å². The average molecular weight is 288 g/mol. The minimum absolute atomic E-state index is 0.242. The number of hydrogen-bond acceptors (Lipinski definition) is 6. The van der Waals surface area contributed by atoms with Gasteiger partial charge in [-0.15, -0.1) is 0 Å². The molecule has 0 spiro atoms. The monoisotopic (exact) mass is 288 g/mol. The van der Waals surface area contributed by atoms with E-state index in [0.717, 1.165) is 0 Å². The van der Waals surface area contributed by atoms with Crippen LogP contribution in [0.25, 0.3) is 0 Å². The number of esters is 4. The summed E-state index contributed by atoms with van der Waals surface area (Å²) in [5, 5.41) is 0. The van der Waals surface area contributed by atoms with Crippen molar-refractivity contribution in [2.24, 2.45) is 11.8 Å². The fourth-order valence-electron chi connectivity index (χ4n) is 1.07. The van der Waals surface area contributed by atoms with Gasteiger partial charge in [-0.05, 0) is 11.8 Å². The maximum atomic E-state index is 10.6. The zero-order valence-electron chi connectivity index (χ0n) is 13.0. The van der Waals surface area contributed by atoms with Gasteiger partial charge in [0.25, 0.3) is 0 Å². The van der Waals surface area contributed by atoms with Crippen molar-refractivity contribution in [3.05, 3.63) is 0 Å². The van der Waals surface area contributed by atoms with Crippen LogP contribution in [0.1, 0.15) is 54.4 Å². The van der Waals surface area contributed by atoms with Gasteiger partial charge >= 0.3 is 23.9 Å². The average Bonchev–Trinajstić information content (AvgIpc) is 2.11. The highest BCUT2D eigenvalue weighted by Crippen LogP contribution is 2.01. The molecule has 0 unspecified atom stereocenters. The predicted octanol–water partition coefficient (Wildman–Crippen LogP) is 2.24. The summed E-state index contributed by atoms with van der Waals surface area (Å²) in [5.74, 6) is -1.47. The minimum atomic E-state index is -0.536. The van der Waals surface area contributed by atoms with E-state index in [4.69, 9.17) is 0 Å². The molecule has 0 aliphatic rings. The number of ether oxygens (including phenoxy) is 2. The third kappa shape index (κ3) is 18.6. The van der Waals surface area contributed by atoms with E-state index in [1.807, 2.05) is 27.7 Å². The van der Waals surface area contributed by atoms with Crippen molar-refractivity contribution in [2.75, 3.05) is 0 Å². The van der Waals surface area contributed by atoms with Crippen LogP contribution in [0, 0.1) is 11.8 Å². The fraction of sp³-hybridized carbons (Fsp3) is 0.714. The van der Waals surface area contributed by atoms with E-state index in [0.29, 0.717) is 12.8 Å². The van der Waals surface area contributed by atoms with Gasteiger partial charge in [0, 0.05) is 26.7 Å². The molecule has 0 heterocycles. The second kappa shape index (κ2) is 11.1. The van der Waals surface area contributed by atoms with Gasteiger partial charge < -0.3 is 9.47 Å². The number of carbonyl (C=O) groups excluding carboxylic acids is 4. The zero-order chi connectivity index (χ0) is 16.3. The molecule has 116 valence electrons. The maximum absolute atomic E-state index is 10.6. The standard InChI is InChI=1S/2C7H12O3/c2*1-5(2)4-7(9)10-6(3)8/h2*5H,4H2,1-3H3. The first-order valence-corrected chi connectivity index (χ1v) is 6.47. The topological polar surface area (TPSA) is 86.7 Å². The van der Waals surface area contributed by atoms with Crippen molar-refractivity contribution in [3.63, 3.8) is 0 Å². The molecule has 0 aromatic heterocycles. The highest BCUT2D eigenvalue weighted by Gasteiger charge is 2.08. The van der Waals surface area contributed by atoms with Gasteiger partial charge in [-0.3, -0.25) is 19.2 Å². The molecule has 0 saturated carbocycles. The van der Waals surface area contributed by atoms with Crippen molar-refractivity contribution in [2.45, 2.75) is 54.4 Å². The van der Waals surface area contributed by atoms with Gasteiger partial charge in [-0.25, -0.2) is 0 Å². The van der Waals surface area contributed by atoms with Gasteiger partial charge in [-0.1, -0.05) is 27.7 Å². The third-order valence-electron chi connectivity index (χ3n) is 1.66. The Bertz CT molecular complexity index is 310. The Morgan fingerprint density at radius 3 is 1.10 bits per heavy atom. The summed E-state index contributed by atoms with van der Waals surface area (Å²) in [4.78, 5) is 41.6. The molecular weight excluding hydrogens is 264 g/mol. The summed E-state index contributed by atoms with van der Waals surface area (Å²) < 4.78 is 8.57. The van der Waals surface area contributed by atoms with Crippen LogP contribution < -0.4 is 0 Å². The van der Waals surface area contributed by atoms with Crippen LogP contribution in [0.4, 0.5) is 0 Å². The van der Waals surface area contributed by atoms with Crippen LogP contribution in [0.5, 0.6) is 0 Å². The molecule has 0 fully saturated rings. The first-order chi connectivity index (χ1) is 9.04. The van der Waals surface area contributed by atoms with Crippen molar-refractivity contribution in [3.8, 4) is 0 Å². The van der Waals surface area contributed by atoms with Gasteiger partial charge in [0.05, 0.1) is 0 Å². The number of rotatable bonds is 4. The molecule has 0 aromatic rings. The van der Waals surface area contributed by atoms with Crippen LogP contribution in [0.2, 0.25) is 0 Å². The molecule has 0 aliphatic carbocycles. The van der Waals surface area contributed by atoms with Crippen LogP contribution in [-0.2, 0) is 28.7 Å². The molecule has 0 bridgehead atoms.